The number of pyridine rings is 1. The molecule has 6 heteroatoms. The highest BCUT2D eigenvalue weighted by Crippen LogP contribution is 2.22. The molecule has 0 aliphatic heterocycles. The fourth-order valence-electron chi connectivity index (χ4n) is 2.06. The van der Waals surface area contributed by atoms with Crippen LogP contribution in [0, 0.1) is 6.92 Å². The lowest BCUT2D eigenvalue weighted by molar-refractivity contribution is 0.251. The molecule has 5 nitrogen and oxygen atoms in total. The number of carbonyl (C=O) groups is 1. The van der Waals surface area contributed by atoms with Gasteiger partial charge in [-0.3, -0.25) is 0 Å². The second kappa shape index (κ2) is 7.13. The van der Waals surface area contributed by atoms with Gasteiger partial charge in [0.15, 0.2) is 0 Å². The Hall–Kier alpha value is -2.27. The summed E-state index contributed by atoms with van der Waals surface area (Å²) in [5, 5.41) is 6.26. The van der Waals surface area contributed by atoms with Gasteiger partial charge in [-0.1, -0.05) is 23.7 Å². The highest BCUT2D eigenvalue weighted by atomic mass is 35.5. The number of halogens is 1. The Balaban J connectivity index is 2.00. The monoisotopic (exact) mass is 318 g/mol. The fourth-order valence-corrected chi connectivity index (χ4v) is 2.23. The normalized spacial score (nSPS) is 10.2. The van der Waals surface area contributed by atoms with Crippen molar-refractivity contribution in [1.82, 2.24) is 10.3 Å². The summed E-state index contributed by atoms with van der Waals surface area (Å²) in [6, 6.07) is 8.92. The molecular weight excluding hydrogens is 300 g/mol. The van der Waals surface area contributed by atoms with Gasteiger partial charge in [0.25, 0.3) is 0 Å². The molecule has 2 amide bonds. The molecular formula is C16H19ClN4O. The third-order valence-electron chi connectivity index (χ3n) is 3.25. The topological polar surface area (TPSA) is 57.3 Å². The Kier molecular flexibility index (Phi) is 5.22. The number of carbonyl (C=O) groups excluding carboxylic acids is 1. The molecule has 1 aromatic heterocycles. The molecule has 116 valence electrons. The molecule has 0 radical (unpaired) electrons. The number of urea groups is 1. The first-order chi connectivity index (χ1) is 10.5. The molecule has 0 bridgehead atoms. The minimum absolute atomic E-state index is 0.279. The van der Waals surface area contributed by atoms with Crippen LogP contribution in [0.1, 0.15) is 11.1 Å². The van der Waals surface area contributed by atoms with Crippen LogP contribution in [0.4, 0.5) is 16.3 Å². The molecule has 2 aromatic rings. The van der Waals surface area contributed by atoms with Crippen LogP contribution in [0.2, 0.25) is 5.02 Å². The van der Waals surface area contributed by atoms with Crippen LogP contribution >= 0.6 is 11.6 Å². The lowest BCUT2D eigenvalue weighted by Crippen LogP contribution is -2.29. The number of aromatic nitrogens is 1. The maximum absolute atomic E-state index is 12.0. The van der Waals surface area contributed by atoms with Gasteiger partial charge in [-0.05, 0) is 30.7 Å². The predicted molar refractivity (Wildman–Crippen MR) is 90.6 cm³/mol. The first-order valence-electron chi connectivity index (χ1n) is 6.90. The third-order valence-corrected chi connectivity index (χ3v) is 3.66. The third kappa shape index (κ3) is 3.89. The van der Waals surface area contributed by atoms with Crippen molar-refractivity contribution < 1.29 is 4.79 Å². The van der Waals surface area contributed by atoms with E-state index in [1.54, 1.807) is 18.3 Å². The second-order valence-corrected chi connectivity index (χ2v) is 5.51. The van der Waals surface area contributed by atoms with Gasteiger partial charge in [0.05, 0.1) is 0 Å². The Labute approximate surface area is 135 Å². The van der Waals surface area contributed by atoms with Crippen LogP contribution in [0.25, 0.3) is 0 Å². The summed E-state index contributed by atoms with van der Waals surface area (Å²) < 4.78 is 0. The zero-order valence-electron chi connectivity index (χ0n) is 12.9. The van der Waals surface area contributed by atoms with Crippen LogP contribution < -0.4 is 15.5 Å². The molecule has 0 aliphatic carbocycles. The summed E-state index contributed by atoms with van der Waals surface area (Å²) >= 11 is 6.04. The van der Waals surface area contributed by atoms with E-state index in [1.165, 1.54) is 0 Å². The average molecular weight is 319 g/mol. The van der Waals surface area contributed by atoms with E-state index >= 15 is 0 Å². The van der Waals surface area contributed by atoms with Crippen molar-refractivity contribution in [2.45, 2.75) is 13.5 Å². The average Bonchev–Trinajstić information content (AvgIpc) is 2.50. The van der Waals surface area contributed by atoms with Gasteiger partial charge in [0, 0.05) is 43.1 Å². The largest absolute Gasteiger partial charge is 0.362 e. The molecule has 2 N–H and O–H groups in total. The van der Waals surface area contributed by atoms with Gasteiger partial charge in [0.2, 0.25) is 0 Å². The van der Waals surface area contributed by atoms with Crippen molar-refractivity contribution in [2.24, 2.45) is 0 Å². The standard InChI is InChI=1S/C16H19ClN4O/c1-11-13(17)7-4-8-14(11)20-16(22)19-10-12-6-5-9-18-15(12)21(2)3/h4-9H,10H2,1-3H3,(H2,19,20,22). The summed E-state index contributed by atoms with van der Waals surface area (Å²) in [4.78, 5) is 18.2. The summed E-state index contributed by atoms with van der Waals surface area (Å²) in [6.45, 7) is 2.26. The quantitative estimate of drug-likeness (QED) is 0.908. The van der Waals surface area contributed by atoms with E-state index in [4.69, 9.17) is 11.6 Å². The molecule has 22 heavy (non-hydrogen) atoms. The van der Waals surface area contributed by atoms with Crippen LogP contribution in [0.3, 0.4) is 0 Å². The van der Waals surface area contributed by atoms with E-state index in [-0.39, 0.29) is 6.03 Å². The summed E-state index contributed by atoms with van der Waals surface area (Å²) in [5.41, 5.74) is 2.49. The van der Waals surface area contributed by atoms with Gasteiger partial charge < -0.3 is 15.5 Å². The Morgan fingerprint density at radius 3 is 2.77 bits per heavy atom. The number of amides is 2. The highest BCUT2D eigenvalue weighted by molar-refractivity contribution is 6.31. The Morgan fingerprint density at radius 2 is 2.05 bits per heavy atom. The number of nitrogens with one attached hydrogen (secondary N) is 2. The molecule has 0 saturated carbocycles. The SMILES string of the molecule is Cc1c(Cl)cccc1NC(=O)NCc1cccnc1N(C)C. The lowest BCUT2D eigenvalue weighted by atomic mass is 10.2. The van der Waals surface area contributed by atoms with Crippen molar-refractivity contribution in [2.75, 3.05) is 24.3 Å². The number of anilines is 2. The van der Waals surface area contributed by atoms with E-state index in [9.17, 15) is 4.79 Å². The molecule has 0 aliphatic rings. The number of nitrogens with zero attached hydrogens (tertiary/aromatic N) is 2. The van der Waals surface area contributed by atoms with Gasteiger partial charge in [-0.2, -0.15) is 0 Å². The molecule has 0 spiro atoms. The summed E-state index contributed by atoms with van der Waals surface area (Å²) in [5.74, 6) is 0.835. The smallest absolute Gasteiger partial charge is 0.319 e. The van der Waals surface area contributed by atoms with Gasteiger partial charge in [0.1, 0.15) is 5.82 Å². The molecule has 0 saturated heterocycles. The van der Waals surface area contributed by atoms with Crippen LogP contribution in [0.15, 0.2) is 36.5 Å². The zero-order chi connectivity index (χ0) is 16.1. The van der Waals surface area contributed by atoms with Crippen LogP contribution in [0.5, 0.6) is 0 Å². The van der Waals surface area contributed by atoms with Gasteiger partial charge >= 0.3 is 6.03 Å². The van der Waals surface area contributed by atoms with Crippen LogP contribution in [-0.4, -0.2) is 25.1 Å². The van der Waals surface area contributed by atoms with Gasteiger partial charge in [-0.15, -0.1) is 0 Å². The van der Waals surface area contributed by atoms with E-state index < -0.39 is 0 Å². The minimum Gasteiger partial charge on any atom is -0.362 e. The van der Waals surface area contributed by atoms with Crippen LogP contribution in [-0.2, 0) is 6.54 Å². The number of rotatable bonds is 4. The van der Waals surface area contributed by atoms with E-state index in [0.717, 1.165) is 16.9 Å². The first-order valence-corrected chi connectivity index (χ1v) is 7.28. The Bertz CT molecular complexity index is 673. The van der Waals surface area contributed by atoms with E-state index in [0.29, 0.717) is 17.3 Å². The minimum atomic E-state index is -0.279. The van der Waals surface area contributed by atoms with Crippen molar-refractivity contribution in [3.05, 3.63) is 52.7 Å². The van der Waals surface area contributed by atoms with Gasteiger partial charge in [-0.25, -0.2) is 9.78 Å². The molecule has 0 atom stereocenters. The maximum atomic E-state index is 12.0. The van der Waals surface area contributed by atoms with E-state index in [1.807, 2.05) is 44.1 Å². The maximum Gasteiger partial charge on any atom is 0.319 e. The molecule has 0 unspecified atom stereocenters. The Morgan fingerprint density at radius 1 is 1.27 bits per heavy atom. The second-order valence-electron chi connectivity index (χ2n) is 5.10. The van der Waals surface area contributed by atoms with E-state index in [2.05, 4.69) is 15.6 Å². The molecule has 1 aromatic carbocycles. The number of benzene rings is 1. The predicted octanol–water partition coefficient (Wildman–Crippen LogP) is 3.43. The summed E-state index contributed by atoms with van der Waals surface area (Å²) in [6.07, 6.45) is 1.73. The molecule has 2 rings (SSSR count). The van der Waals surface area contributed by atoms with Crippen molar-refractivity contribution >= 4 is 29.1 Å². The highest BCUT2D eigenvalue weighted by Gasteiger charge is 2.09. The fraction of sp³-hybridized carbons (Fsp3) is 0.250. The number of hydrogen-bond acceptors (Lipinski definition) is 3. The summed E-state index contributed by atoms with van der Waals surface area (Å²) in [7, 11) is 3.84. The van der Waals surface area contributed by atoms with Crippen molar-refractivity contribution in [1.29, 1.82) is 0 Å². The first kappa shape index (κ1) is 16.1. The molecule has 0 fully saturated rings. The van der Waals surface area contributed by atoms with Crippen molar-refractivity contribution in [3.63, 3.8) is 0 Å². The van der Waals surface area contributed by atoms with Crippen molar-refractivity contribution in [3.8, 4) is 0 Å². The lowest BCUT2D eigenvalue weighted by Gasteiger charge is -2.16. The molecule has 1 heterocycles. The zero-order valence-corrected chi connectivity index (χ0v) is 13.6. The number of hydrogen-bond donors (Lipinski definition) is 2.